The van der Waals surface area contributed by atoms with Gasteiger partial charge in [0.15, 0.2) is 6.61 Å². The van der Waals surface area contributed by atoms with Crippen molar-refractivity contribution in [2.75, 3.05) is 19.0 Å². The number of anilines is 1. The number of carbonyl (C=O) groups excluding carboxylic acids is 2. The Morgan fingerprint density at radius 3 is 2.80 bits per heavy atom. The van der Waals surface area contributed by atoms with Crippen LogP contribution in [0.4, 0.5) is 5.69 Å². The van der Waals surface area contributed by atoms with Crippen molar-refractivity contribution < 1.29 is 19.1 Å². The summed E-state index contributed by atoms with van der Waals surface area (Å²) in [5.41, 5.74) is 6.21. The summed E-state index contributed by atoms with van der Waals surface area (Å²) in [6.45, 7) is 1.69. The molecule has 0 saturated carbocycles. The van der Waals surface area contributed by atoms with Crippen molar-refractivity contribution in [1.29, 1.82) is 0 Å². The maximum atomic E-state index is 11.7. The molecule has 0 spiro atoms. The van der Waals surface area contributed by atoms with Crippen LogP contribution in [-0.2, 0) is 14.3 Å². The van der Waals surface area contributed by atoms with Crippen molar-refractivity contribution in [2.45, 2.75) is 25.8 Å². The van der Waals surface area contributed by atoms with E-state index in [1.165, 1.54) is 7.11 Å². The summed E-state index contributed by atoms with van der Waals surface area (Å²) in [6, 6.07) is 6.81. The van der Waals surface area contributed by atoms with Crippen molar-refractivity contribution in [3.63, 3.8) is 0 Å². The van der Waals surface area contributed by atoms with E-state index in [-0.39, 0.29) is 18.6 Å². The number of esters is 1. The molecule has 0 aliphatic carbocycles. The molecule has 1 aromatic rings. The minimum atomic E-state index is -0.462. The van der Waals surface area contributed by atoms with Crippen LogP contribution >= 0.6 is 0 Å². The van der Waals surface area contributed by atoms with Crippen molar-refractivity contribution >= 4 is 17.6 Å². The van der Waals surface area contributed by atoms with Crippen molar-refractivity contribution in [1.82, 2.24) is 0 Å². The molecule has 0 saturated heterocycles. The van der Waals surface area contributed by atoms with Crippen molar-refractivity contribution in [3.8, 4) is 5.75 Å². The summed E-state index contributed by atoms with van der Waals surface area (Å²) in [4.78, 5) is 22.6. The van der Waals surface area contributed by atoms with E-state index in [1.807, 2.05) is 6.92 Å². The zero-order chi connectivity index (χ0) is 15.0. The molecule has 110 valence electrons. The van der Waals surface area contributed by atoms with Crippen LogP contribution < -0.4 is 15.8 Å². The Morgan fingerprint density at radius 2 is 2.15 bits per heavy atom. The maximum absolute atomic E-state index is 11.7. The van der Waals surface area contributed by atoms with Crippen LogP contribution in [0, 0.1) is 0 Å². The Morgan fingerprint density at radius 1 is 1.40 bits per heavy atom. The highest BCUT2D eigenvalue weighted by Crippen LogP contribution is 2.17. The molecule has 0 radical (unpaired) electrons. The maximum Gasteiger partial charge on any atom is 0.343 e. The third-order valence-electron chi connectivity index (χ3n) is 2.53. The summed E-state index contributed by atoms with van der Waals surface area (Å²) in [5, 5.41) is 2.75. The first-order valence-electron chi connectivity index (χ1n) is 6.36. The number of nitrogens with two attached hydrogens (primary N) is 1. The van der Waals surface area contributed by atoms with E-state index in [1.54, 1.807) is 24.3 Å². The van der Waals surface area contributed by atoms with E-state index in [2.05, 4.69) is 10.1 Å². The predicted octanol–water partition coefficient (Wildman–Crippen LogP) is 1.30. The highest BCUT2D eigenvalue weighted by Gasteiger charge is 2.06. The molecule has 0 heterocycles. The molecule has 0 fully saturated rings. The van der Waals surface area contributed by atoms with Crippen LogP contribution in [-0.4, -0.2) is 31.6 Å². The van der Waals surface area contributed by atoms with Crippen molar-refractivity contribution in [2.24, 2.45) is 5.73 Å². The van der Waals surface area contributed by atoms with Crippen molar-refractivity contribution in [3.05, 3.63) is 24.3 Å². The smallest absolute Gasteiger partial charge is 0.343 e. The molecule has 1 amide bonds. The predicted molar refractivity (Wildman–Crippen MR) is 75.5 cm³/mol. The third-order valence-corrected chi connectivity index (χ3v) is 2.53. The molecule has 6 heteroatoms. The van der Waals surface area contributed by atoms with E-state index in [4.69, 9.17) is 10.5 Å². The second-order valence-corrected chi connectivity index (χ2v) is 4.46. The van der Waals surface area contributed by atoms with Crippen LogP contribution in [0.25, 0.3) is 0 Å². The molecular weight excluding hydrogens is 260 g/mol. The van der Waals surface area contributed by atoms with Gasteiger partial charge in [-0.1, -0.05) is 6.07 Å². The zero-order valence-electron chi connectivity index (χ0n) is 11.7. The summed E-state index contributed by atoms with van der Waals surface area (Å²) < 4.78 is 9.71. The average Bonchev–Trinajstić information content (AvgIpc) is 2.43. The highest BCUT2D eigenvalue weighted by atomic mass is 16.6. The lowest BCUT2D eigenvalue weighted by Crippen LogP contribution is -2.19. The molecule has 1 unspecified atom stereocenters. The molecule has 1 rings (SSSR count). The van der Waals surface area contributed by atoms with Crippen LogP contribution in [0.15, 0.2) is 24.3 Å². The molecular formula is C14H20N2O4. The Bertz CT molecular complexity index is 460. The van der Waals surface area contributed by atoms with Gasteiger partial charge in [0.2, 0.25) is 5.91 Å². The molecule has 20 heavy (non-hydrogen) atoms. The van der Waals surface area contributed by atoms with E-state index < -0.39 is 5.97 Å². The molecule has 0 aromatic heterocycles. The molecule has 1 aromatic carbocycles. The summed E-state index contributed by atoms with van der Waals surface area (Å²) in [6.07, 6.45) is 0.995. The SMILES string of the molecule is COC(=O)COc1cccc(NC(=O)CCC(C)N)c1. The second kappa shape index (κ2) is 8.16. The number of amides is 1. The highest BCUT2D eigenvalue weighted by molar-refractivity contribution is 5.90. The standard InChI is InChI=1S/C14H20N2O4/c1-10(15)6-7-13(17)16-11-4-3-5-12(8-11)20-9-14(18)19-2/h3-5,8,10H,6-7,9,15H2,1-2H3,(H,16,17). The Hall–Kier alpha value is -2.08. The third kappa shape index (κ3) is 6.19. The minimum Gasteiger partial charge on any atom is -0.482 e. The minimum absolute atomic E-state index is 0.00419. The van der Waals surface area contributed by atoms with Crippen LogP contribution in [0.2, 0.25) is 0 Å². The molecule has 3 N–H and O–H groups in total. The topological polar surface area (TPSA) is 90.6 Å². The fourth-order valence-corrected chi connectivity index (χ4v) is 1.45. The first-order chi connectivity index (χ1) is 9.51. The lowest BCUT2D eigenvalue weighted by molar-refractivity contribution is -0.142. The Kier molecular flexibility index (Phi) is 6.52. The number of hydrogen-bond donors (Lipinski definition) is 2. The average molecular weight is 280 g/mol. The summed E-state index contributed by atoms with van der Waals surface area (Å²) >= 11 is 0. The largest absolute Gasteiger partial charge is 0.482 e. The number of nitrogens with one attached hydrogen (secondary N) is 1. The van der Waals surface area contributed by atoms with Gasteiger partial charge < -0.3 is 20.5 Å². The van der Waals surface area contributed by atoms with Crippen LogP contribution in [0.1, 0.15) is 19.8 Å². The molecule has 0 aliphatic heterocycles. The second-order valence-electron chi connectivity index (χ2n) is 4.46. The van der Waals surface area contributed by atoms with Gasteiger partial charge in [-0.3, -0.25) is 4.79 Å². The summed E-state index contributed by atoms with van der Waals surface area (Å²) in [5.74, 6) is -0.0795. The van der Waals surface area contributed by atoms with Gasteiger partial charge in [0.1, 0.15) is 5.75 Å². The Labute approximate surface area is 118 Å². The van der Waals surface area contributed by atoms with E-state index >= 15 is 0 Å². The molecule has 6 nitrogen and oxygen atoms in total. The molecule has 1 atom stereocenters. The quantitative estimate of drug-likeness (QED) is 0.735. The summed E-state index contributed by atoms with van der Waals surface area (Å²) in [7, 11) is 1.29. The van der Waals surface area contributed by atoms with Gasteiger partial charge >= 0.3 is 5.97 Å². The molecule has 0 bridgehead atoms. The van der Waals surface area contributed by atoms with E-state index in [9.17, 15) is 9.59 Å². The zero-order valence-corrected chi connectivity index (χ0v) is 11.7. The van der Waals surface area contributed by atoms with Gasteiger partial charge in [0, 0.05) is 24.2 Å². The number of carbonyl (C=O) groups is 2. The first kappa shape index (κ1) is 16.0. The van der Waals surface area contributed by atoms with Gasteiger partial charge in [-0.15, -0.1) is 0 Å². The number of rotatable bonds is 7. The fourth-order valence-electron chi connectivity index (χ4n) is 1.45. The molecule has 0 aliphatic rings. The van der Waals surface area contributed by atoms with Crippen LogP contribution in [0.5, 0.6) is 5.75 Å². The van der Waals surface area contributed by atoms with E-state index in [0.717, 1.165) is 0 Å². The number of hydrogen-bond acceptors (Lipinski definition) is 5. The van der Waals surface area contributed by atoms with Gasteiger partial charge in [0.25, 0.3) is 0 Å². The van der Waals surface area contributed by atoms with Crippen LogP contribution in [0.3, 0.4) is 0 Å². The number of ether oxygens (including phenoxy) is 2. The fraction of sp³-hybridized carbons (Fsp3) is 0.429. The first-order valence-corrected chi connectivity index (χ1v) is 6.36. The lowest BCUT2D eigenvalue weighted by atomic mass is 10.2. The number of benzene rings is 1. The van der Waals surface area contributed by atoms with E-state index in [0.29, 0.717) is 24.3 Å². The van der Waals surface area contributed by atoms with Gasteiger partial charge in [-0.25, -0.2) is 4.79 Å². The normalized spacial score (nSPS) is 11.6. The van der Waals surface area contributed by atoms with Gasteiger partial charge in [-0.05, 0) is 25.5 Å². The lowest BCUT2D eigenvalue weighted by Gasteiger charge is -2.09. The Balaban J connectivity index is 2.50. The van der Waals surface area contributed by atoms with Gasteiger partial charge in [-0.2, -0.15) is 0 Å². The number of methoxy groups -OCH3 is 1. The van der Waals surface area contributed by atoms with Gasteiger partial charge in [0.05, 0.1) is 7.11 Å². The monoisotopic (exact) mass is 280 g/mol.